The summed E-state index contributed by atoms with van der Waals surface area (Å²) < 4.78 is 5.14. The van der Waals surface area contributed by atoms with Crippen LogP contribution < -0.4 is 0 Å². The van der Waals surface area contributed by atoms with E-state index in [0.29, 0.717) is 6.10 Å². The topological polar surface area (TPSA) is 53.0 Å². The average Bonchev–Trinajstić information content (AvgIpc) is 3.05. The summed E-state index contributed by atoms with van der Waals surface area (Å²) in [6, 6.07) is 0. The van der Waals surface area contributed by atoms with Crippen molar-refractivity contribution < 1.29 is 14.9 Å². The highest BCUT2D eigenvalue weighted by Crippen LogP contribution is 2.18. The molecule has 0 amide bonds. The lowest BCUT2D eigenvalue weighted by Gasteiger charge is -2.06. The maximum atomic E-state index is 9.10. The van der Waals surface area contributed by atoms with Crippen LogP contribution in [0.5, 0.6) is 0 Å². The fraction of sp³-hybridized carbons (Fsp3) is 1.00. The summed E-state index contributed by atoms with van der Waals surface area (Å²) in [4.78, 5) is 0. The maximum absolute atomic E-state index is 9.10. The summed E-state index contributed by atoms with van der Waals surface area (Å²) >= 11 is 0. The van der Waals surface area contributed by atoms with Gasteiger partial charge in [-0.3, -0.25) is 0 Å². The van der Waals surface area contributed by atoms with Crippen molar-refractivity contribution in [2.24, 2.45) is 0 Å². The Balaban J connectivity index is 1.68. The van der Waals surface area contributed by atoms with Crippen LogP contribution in [0.4, 0.5) is 0 Å². The van der Waals surface area contributed by atoms with Gasteiger partial charge < -0.3 is 14.9 Å². The number of epoxide rings is 1. The molecule has 0 aromatic carbocycles. The molecule has 3 heteroatoms. The Morgan fingerprint density at radius 3 is 2.27 bits per heavy atom. The zero-order valence-electron chi connectivity index (χ0n) is 9.53. The first kappa shape index (κ1) is 12.9. The van der Waals surface area contributed by atoms with E-state index in [-0.39, 0.29) is 6.61 Å². The summed E-state index contributed by atoms with van der Waals surface area (Å²) in [5, 5.41) is 17.7. The zero-order chi connectivity index (χ0) is 10.9. The number of hydrogen-bond donors (Lipinski definition) is 2. The molecule has 15 heavy (non-hydrogen) atoms. The Morgan fingerprint density at radius 1 is 1.07 bits per heavy atom. The van der Waals surface area contributed by atoms with E-state index < -0.39 is 6.10 Å². The minimum Gasteiger partial charge on any atom is -0.394 e. The summed E-state index contributed by atoms with van der Waals surface area (Å²) in [5.41, 5.74) is 0. The maximum Gasteiger partial charge on any atom is 0.0810 e. The Hall–Kier alpha value is -0.120. The van der Waals surface area contributed by atoms with Crippen LogP contribution in [0, 0.1) is 0 Å². The van der Waals surface area contributed by atoms with Gasteiger partial charge in [-0.2, -0.15) is 0 Å². The molecule has 2 N–H and O–H groups in total. The first-order valence-electron chi connectivity index (χ1n) is 6.23. The molecule has 90 valence electrons. The van der Waals surface area contributed by atoms with Gasteiger partial charge in [0.15, 0.2) is 0 Å². The molecular weight excluding hydrogens is 192 g/mol. The van der Waals surface area contributed by atoms with E-state index in [1.165, 1.54) is 38.5 Å². The number of rotatable bonds is 10. The molecule has 0 bridgehead atoms. The van der Waals surface area contributed by atoms with Crippen molar-refractivity contribution in [2.45, 2.75) is 63.6 Å². The van der Waals surface area contributed by atoms with Crippen molar-refractivity contribution in [1.82, 2.24) is 0 Å². The average molecular weight is 216 g/mol. The molecule has 0 aliphatic carbocycles. The van der Waals surface area contributed by atoms with Gasteiger partial charge >= 0.3 is 0 Å². The predicted octanol–water partition coefficient (Wildman–Crippen LogP) is 1.86. The molecule has 1 aliphatic rings. The number of aliphatic hydroxyl groups is 2. The molecule has 1 heterocycles. The fourth-order valence-corrected chi connectivity index (χ4v) is 1.79. The molecule has 0 spiro atoms. The molecule has 0 aromatic rings. The van der Waals surface area contributed by atoms with Crippen LogP contribution >= 0.6 is 0 Å². The molecular formula is C12H24O3. The highest BCUT2D eigenvalue weighted by atomic mass is 16.6. The van der Waals surface area contributed by atoms with Gasteiger partial charge in [0.2, 0.25) is 0 Å². The van der Waals surface area contributed by atoms with Gasteiger partial charge in [-0.25, -0.2) is 0 Å². The molecule has 0 unspecified atom stereocenters. The van der Waals surface area contributed by atoms with Crippen LogP contribution in [-0.4, -0.2) is 35.6 Å². The van der Waals surface area contributed by atoms with Crippen LogP contribution in [0.25, 0.3) is 0 Å². The molecule has 1 aliphatic heterocycles. The minimum atomic E-state index is -0.503. The van der Waals surface area contributed by atoms with Crippen molar-refractivity contribution in [3.8, 4) is 0 Å². The number of unbranched alkanes of at least 4 members (excludes halogenated alkanes) is 5. The standard InChI is InChI=1S/C12H24O3/c13-9-11(14)7-5-3-1-2-4-6-8-12-10-15-12/h11-14H,1-10H2/t11-,12+/m1/s1. The third-order valence-electron chi connectivity index (χ3n) is 2.93. The Bertz CT molecular complexity index is 146. The van der Waals surface area contributed by atoms with Gasteiger partial charge in [0, 0.05) is 0 Å². The fourth-order valence-electron chi connectivity index (χ4n) is 1.79. The van der Waals surface area contributed by atoms with Gasteiger partial charge in [0.05, 0.1) is 25.4 Å². The smallest absolute Gasteiger partial charge is 0.0810 e. The second-order valence-corrected chi connectivity index (χ2v) is 4.49. The minimum absolute atomic E-state index is 0.0958. The molecule has 0 aromatic heterocycles. The summed E-state index contributed by atoms with van der Waals surface area (Å²) in [5.74, 6) is 0. The first-order valence-corrected chi connectivity index (χ1v) is 6.23. The van der Waals surface area contributed by atoms with Crippen LogP contribution in [0.3, 0.4) is 0 Å². The van der Waals surface area contributed by atoms with E-state index in [1.807, 2.05) is 0 Å². The third kappa shape index (κ3) is 7.77. The zero-order valence-corrected chi connectivity index (χ0v) is 9.53. The summed E-state index contributed by atoms with van der Waals surface area (Å²) in [6.07, 6.45) is 9.43. The molecule has 1 saturated heterocycles. The van der Waals surface area contributed by atoms with Crippen LogP contribution in [0.2, 0.25) is 0 Å². The van der Waals surface area contributed by atoms with E-state index >= 15 is 0 Å². The van der Waals surface area contributed by atoms with E-state index in [1.54, 1.807) is 0 Å². The molecule has 3 nitrogen and oxygen atoms in total. The van der Waals surface area contributed by atoms with Crippen LogP contribution in [-0.2, 0) is 4.74 Å². The third-order valence-corrected chi connectivity index (χ3v) is 2.93. The largest absolute Gasteiger partial charge is 0.394 e. The van der Waals surface area contributed by atoms with Crippen molar-refractivity contribution in [3.63, 3.8) is 0 Å². The number of hydrogen-bond acceptors (Lipinski definition) is 3. The quantitative estimate of drug-likeness (QED) is 0.433. The Morgan fingerprint density at radius 2 is 1.67 bits per heavy atom. The number of aliphatic hydroxyl groups excluding tert-OH is 2. The van der Waals surface area contributed by atoms with E-state index in [2.05, 4.69) is 0 Å². The van der Waals surface area contributed by atoms with Gasteiger partial charge in [0.25, 0.3) is 0 Å². The normalized spacial score (nSPS) is 21.6. The highest BCUT2D eigenvalue weighted by molar-refractivity contribution is 4.68. The van der Waals surface area contributed by atoms with Gasteiger partial charge in [-0.1, -0.05) is 38.5 Å². The van der Waals surface area contributed by atoms with Crippen molar-refractivity contribution in [2.75, 3.05) is 13.2 Å². The van der Waals surface area contributed by atoms with E-state index in [0.717, 1.165) is 19.4 Å². The summed E-state index contributed by atoms with van der Waals surface area (Å²) in [7, 11) is 0. The van der Waals surface area contributed by atoms with Gasteiger partial charge in [-0.05, 0) is 12.8 Å². The lowest BCUT2D eigenvalue weighted by atomic mass is 10.1. The van der Waals surface area contributed by atoms with E-state index in [9.17, 15) is 0 Å². The van der Waals surface area contributed by atoms with Crippen molar-refractivity contribution in [3.05, 3.63) is 0 Å². The molecule has 0 radical (unpaired) electrons. The Kier molecular flexibility index (Phi) is 6.98. The molecule has 1 rings (SSSR count). The van der Waals surface area contributed by atoms with Crippen LogP contribution in [0.15, 0.2) is 0 Å². The molecule has 2 atom stereocenters. The second kappa shape index (κ2) is 8.08. The molecule has 0 saturated carbocycles. The lowest BCUT2D eigenvalue weighted by molar-refractivity contribution is 0.0860. The van der Waals surface area contributed by atoms with Gasteiger partial charge in [0.1, 0.15) is 0 Å². The van der Waals surface area contributed by atoms with Crippen LogP contribution in [0.1, 0.15) is 51.4 Å². The van der Waals surface area contributed by atoms with E-state index in [4.69, 9.17) is 14.9 Å². The lowest BCUT2D eigenvalue weighted by Crippen LogP contribution is -2.10. The highest BCUT2D eigenvalue weighted by Gasteiger charge is 2.20. The van der Waals surface area contributed by atoms with Crippen molar-refractivity contribution >= 4 is 0 Å². The Labute approximate surface area is 92.4 Å². The van der Waals surface area contributed by atoms with Gasteiger partial charge in [-0.15, -0.1) is 0 Å². The monoisotopic (exact) mass is 216 g/mol. The predicted molar refractivity (Wildman–Crippen MR) is 59.8 cm³/mol. The SMILES string of the molecule is OC[C@H](O)CCCCCCCC[C@H]1CO1. The number of ether oxygens (including phenoxy) is 1. The molecule has 1 fully saturated rings. The summed E-state index contributed by atoms with van der Waals surface area (Å²) in [6.45, 7) is 0.889. The first-order chi connectivity index (χ1) is 7.33. The second-order valence-electron chi connectivity index (χ2n) is 4.49. The van der Waals surface area contributed by atoms with Crippen molar-refractivity contribution in [1.29, 1.82) is 0 Å².